The van der Waals surface area contributed by atoms with E-state index in [9.17, 15) is 12.8 Å². The fraction of sp³-hybridized carbons (Fsp3) is 0.231. The second kappa shape index (κ2) is 5.74. The lowest BCUT2D eigenvalue weighted by molar-refractivity contribution is 0.579. The summed E-state index contributed by atoms with van der Waals surface area (Å²) in [5.41, 5.74) is 5.97. The van der Waals surface area contributed by atoms with Gasteiger partial charge in [0.25, 0.3) is 0 Å². The third-order valence-electron chi connectivity index (χ3n) is 2.84. The van der Waals surface area contributed by atoms with Crippen molar-refractivity contribution in [1.29, 1.82) is 0 Å². The summed E-state index contributed by atoms with van der Waals surface area (Å²) in [6, 6.07) is 3.94. The van der Waals surface area contributed by atoms with E-state index in [-0.39, 0.29) is 22.7 Å². The van der Waals surface area contributed by atoms with E-state index in [1.165, 1.54) is 13.0 Å². The lowest BCUT2D eigenvalue weighted by atomic mass is 10.2. The average Bonchev–Trinajstić information content (AvgIpc) is 2.42. The first-order chi connectivity index (χ1) is 9.79. The first-order valence-corrected chi connectivity index (χ1v) is 7.62. The fourth-order valence-electron chi connectivity index (χ4n) is 1.77. The Balaban J connectivity index is 2.23. The van der Waals surface area contributed by atoms with Crippen LogP contribution in [0.1, 0.15) is 17.1 Å². The molecule has 0 atom stereocenters. The number of hydrogen-bond donors (Lipinski definition) is 2. The molecule has 0 spiro atoms. The molecular weight excluding hydrogens is 295 g/mol. The Bertz CT molecular complexity index is 754. The fourth-order valence-corrected chi connectivity index (χ4v) is 2.89. The van der Waals surface area contributed by atoms with Crippen molar-refractivity contribution in [3.05, 3.63) is 47.3 Å². The maximum absolute atomic E-state index is 13.4. The van der Waals surface area contributed by atoms with Crippen molar-refractivity contribution in [2.45, 2.75) is 25.3 Å². The molecule has 112 valence electrons. The summed E-state index contributed by atoms with van der Waals surface area (Å²) in [5.74, 6) is -0.0612. The number of nitrogens with one attached hydrogen (secondary N) is 1. The second-order valence-corrected chi connectivity index (χ2v) is 6.33. The van der Waals surface area contributed by atoms with E-state index in [2.05, 4.69) is 14.7 Å². The Morgan fingerprint density at radius 3 is 2.67 bits per heavy atom. The van der Waals surface area contributed by atoms with Gasteiger partial charge in [-0.15, -0.1) is 0 Å². The van der Waals surface area contributed by atoms with Gasteiger partial charge >= 0.3 is 0 Å². The Kier molecular flexibility index (Phi) is 4.19. The summed E-state index contributed by atoms with van der Waals surface area (Å²) in [7, 11) is -3.79. The van der Waals surface area contributed by atoms with E-state index >= 15 is 0 Å². The number of nitrogen functional groups attached to an aromatic ring is 1. The predicted molar refractivity (Wildman–Crippen MR) is 76.3 cm³/mol. The van der Waals surface area contributed by atoms with Gasteiger partial charge in [-0.3, -0.25) is 0 Å². The van der Waals surface area contributed by atoms with Gasteiger partial charge in [0.2, 0.25) is 10.0 Å². The summed E-state index contributed by atoms with van der Waals surface area (Å²) in [6.45, 7) is 3.18. The molecule has 1 heterocycles. The average molecular weight is 310 g/mol. The molecular formula is C13H15FN4O2S. The SMILES string of the molecule is Cc1nccc(CNS(=O)(=O)c2cc(C)c(F)c(N)c2)n1. The monoisotopic (exact) mass is 310 g/mol. The molecule has 0 bridgehead atoms. The van der Waals surface area contributed by atoms with Crippen LogP contribution in [0.3, 0.4) is 0 Å². The quantitative estimate of drug-likeness (QED) is 0.829. The molecule has 21 heavy (non-hydrogen) atoms. The van der Waals surface area contributed by atoms with Crippen LogP contribution in [-0.2, 0) is 16.6 Å². The van der Waals surface area contributed by atoms with Crippen LogP contribution in [0.5, 0.6) is 0 Å². The molecule has 0 fully saturated rings. The largest absolute Gasteiger partial charge is 0.396 e. The predicted octanol–water partition coefficient (Wildman–Crippen LogP) is 1.29. The smallest absolute Gasteiger partial charge is 0.241 e. The molecule has 2 aromatic rings. The summed E-state index contributed by atoms with van der Waals surface area (Å²) in [4.78, 5) is 7.95. The normalized spacial score (nSPS) is 11.6. The molecule has 3 N–H and O–H groups in total. The molecule has 1 aromatic carbocycles. The van der Waals surface area contributed by atoms with Crippen LogP contribution in [0.4, 0.5) is 10.1 Å². The van der Waals surface area contributed by atoms with Crippen molar-refractivity contribution in [2.24, 2.45) is 0 Å². The molecule has 1 aromatic heterocycles. The molecule has 6 nitrogen and oxygen atoms in total. The zero-order chi connectivity index (χ0) is 15.6. The Hall–Kier alpha value is -2.06. The van der Waals surface area contributed by atoms with Crippen LogP contribution >= 0.6 is 0 Å². The van der Waals surface area contributed by atoms with E-state index in [1.807, 2.05) is 0 Å². The van der Waals surface area contributed by atoms with Gasteiger partial charge in [0.05, 0.1) is 22.8 Å². The van der Waals surface area contributed by atoms with Crippen LogP contribution < -0.4 is 10.5 Å². The van der Waals surface area contributed by atoms with E-state index in [0.29, 0.717) is 11.5 Å². The van der Waals surface area contributed by atoms with E-state index in [0.717, 1.165) is 6.07 Å². The Morgan fingerprint density at radius 1 is 1.33 bits per heavy atom. The number of halogens is 1. The highest BCUT2D eigenvalue weighted by molar-refractivity contribution is 7.89. The van der Waals surface area contributed by atoms with Gasteiger partial charge in [0.1, 0.15) is 11.6 Å². The first-order valence-electron chi connectivity index (χ1n) is 6.13. The van der Waals surface area contributed by atoms with Crippen LogP contribution in [0.25, 0.3) is 0 Å². The number of benzene rings is 1. The number of anilines is 1. The lowest BCUT2D eigenvalue weighted by Gasteiger charge is -2.09. The van der Waals surface area contributed by atoms with Crippen LogP contribution in [0, 0.1) is 19.7 Å². The molecule has 0 unspecified atom stereocenters. The number of aryl methyl sites for hydroxylation is 2. The zero-order valence-corrected chi connectivity index (χ0v) is 12.4. The number of hydrogen-bond acceptors (Lipinski definition) is 5. The first kappa shape index (κ1) is 15.3. The lowest BCUT2D eigenvalue weighted by Crippen LogP contribution is -2.24. The molecule has 0 saturated carbocycles. The van der Waals surface area contributed by atoms with Gasteiger partial charge in [-0.05, 0) is 37.6 Å². The molecule has 0 aliphatic rings. The molecule has 0 aliphatic carbocycles. The Morgan fingerprint density at radius 2 is 2.05 bits per heavy atom. The summed E-state index contributed by atoms with van der Waals surface area (Å²) in [6.07, 6.45) is 1.55. The summed E-state index contributed by atoms with van der Waals surface area (Å²) in [5, 5.41) is 0. The number of nitrogens with zero attached hydrogens (tertiary/aromatic N) is 2. The maximum atomic E-state index is 13.4. The van der Waals surface area contributed by atoms with E-state index < -0.39 is 15.8 Å². The second-order valence-electron chi connectivity index (χ2n) is 4.56. The third-order valence-corrected chi connectivity index (χ3v) is 4.22. The van der Waals surface area contributed by atoms with Gasteiger partial charge in [-0.1, -0.05) is 0 Å². The minimum atomic E-state index is -3.79. The minimum Gasteiger partial charge on any atom is -0.396 e. The van der Waals surface area contributed by atoms with Crippen molar-refractivity contribution in [2.75, 3.05) is 5.73 Å². The van der Waals surface area contributed by atoms with Gasteiger partial charge < -0.3 is 5.73 Å². The number of aromatic nitrogens is 2. The van der Waals surface area contributed by atoms with Gasteiger partial charge in [0.15, 0.2) is 0 Å². The number of rotatable bonds is 4. The van der Waals surface area contributed by atoms with Gasteiger partial charge in [-0.25, -0.2) is 27.5 Å². The molecule has 8 heteroatoms. The van der Waals surface area contributed by atoms with Gasteiger partial charge in [-0.2, -0.15) is 0 Å². The zero-order valence-electron chi connectivity index (χ0n) is 11.6. The van der Waals surface area contributed by atoms with E-state index in [1.54, 1.807) is 19.2 Å². The topological polar surface area (TPSA) is 98.0 Å². The minimum absolute atomic E-state index is 0.0159. The number of nitrogens with two attached hydrogens (primary N) is 1. The molecule has 0 amide bonds. The van der Waals surface area contributed by atoms with Crippen molar-refractivity contribution in [1.82, 2.24) is 14.7 Å². The van der Waals surface area contributed by atoms with Crippen molar-refractivity contribution in [3.8, 4) is 0 Å². The Labute approximate surface area is 122 Å². The molecule has 0 aliphatic heterocycles. The summed E-state index contributed by atoms with van der Waals surface area (Å²) < 4.78 is 40.2. The van der Waals surface area contributed by atoms with Crippen molar-refractivity contribution < 1.29 is 12.8 Å². The highest BCUT2D eigenvalue weighted by Gasteiger charge is 2.17. The highest BCUT2D eigenvalue weighted by atomic mass is 32.2. The molecule has 0 radical (unpaired) electrons. The third kappa shape index (κ3) is 3.53. The molecule has 2 rings (SSSR count). The van der Waals surface area contributed by atoms with E-state index in [4.69, 9.17) is 5.73 Å². The summed E-state index contributed by atoms with van der Waals surface area (Å²) >= 11 is 0. The van der Waals surface area contributed by atoms with Crippen LogP contribution in [0.2, 0.25) is 0 Å². The highest BCUT2D eigenvalue weighted by Crippen LogP contribution is 2.20. The maximum Gasteiger partial charge on any atom is 0.241 e. The standard InChI is InChI=1S/C13H15FN4O2S/c1-8-5-11(6-12(15)13(8)14)21(19,20)17-7-10-3-4-16-9(2)18-10/h3-6,17H,7,15H2,1-2H3. The number of sulfonamides is 1. The van der Waals surface area contributed by atoms with Crippen LogP contribution in [0.15, 0.2) is 29.3 Å². The van der Waals surface area contributed by atoms with Crippen LogP contribution in [-0.4, -0.2) is 18.4 Å². The molecule has 0 saturated heterocycles. The van der Waals surface area contributed by atoms with Crippen molar-refractivity contribution >= 4 is 15.7 Å². The van der Waals surface area contributed by atoms with Crippen molar-refractivity contribution in [3.63, 3.8) is 0 Å². The van der Waals surface area contributed by atoms with Gasteiger partial charge in [0, 0.05) is 6.20 Å².